The number of hydrogen-bond donors (Lipinski definition) is 1. The van der Waals surface area contributed by atoms with Crippen molar-refractivity contribution in [3.05, 3.63) is 29.8 Å². The number of ether oxygens (including phenoxy) is 1. The SMILES string of the molecule is CC(C)COc1cccc(C#CCO)c1. The fraction of sp³-hybridized carbons (Fsp3) is 0.385. The summed E-state index contributed by atoms with van der Waals surface area (Å²) in [7, 11) is 0. The molecule has 0 aliphatic carbocycles. The summed E-state index contributed by atoms with van der Waals surface area (Å²) in [6.45, 7) is 4.80. The zero-order valence-corrected chi connectivity index (χ0v) is 9.16. The minimum Gasteiger partial charge on any atom is -0.493 e. The van der Waals surface area contributed by atoms with Gasteiger partial charge in [-0.15, -0.1) is 0 Å². The molecule has 80 valence electrons. The van der Waals surface area contributed by atoms with Crippen molar-refractivity contribution in [1.82, 2.24) is 0 Å². The number of benzene rings is 1. The summed E-state index contributed by atoms with van der Waals surface area (Å²) in [5, 5.41) is 8.57. The van der Waals surface area contributed by atoms with Crippen molar-refractivity contribution in [1.29, 1.82) is 0 Å². The van der Waals surface area contributed by atoms with Crippen molar-refractivity contribution in [2.45, 2.75) is 13.8 Å². The number of aliphatic hydroxyl groups is 1. The highest BCUT2D eigenvalue weighted by atomic mass is 16.5. The van der Waals surface area contributed by atoms with E-state index in [-0.39, 0.29) is 6.61 Å². The summed E-state index contributed by atoms with van der Waals surface area (Å²) in [4.78, 5) is 0. The Morgan fingerprint density at radius 1 is 1.40 bits per heavy atom. The molecule has 1 aromatic rings. The maximum atomic E-state index is 8.57. The van der Waals surface area contributed by atoms with Crippen LogP contribution in [0.4, 0.5) is 0 Å². The molecule has 0 heterocycles. The van der Waals surface area contributed by atoms with Crippen LogP contribution in [-0.4, -0.2) is 18.3 Å². The molecule has 0 aromatic heterocycles. The van der Waals surface area contributed by atoms with Crippen molar-refractivity contribution in [3.8, 4) is 17.6 Å². The monoisotopic (exact) mass is 204 g/mol. The quantitative estimate of drug-likeness (QED) is 0.764. The Morgan fingerprint density at radius 2 is 2.20 bits per heavy atom. The molecule has 0 unspecified atom stereocenters. The average Bonchev–Trinajstić information content (AvgIpc) is 2.24. The first kappa shape index (κ1) is 11.6. The molecule has 1 N–H and O–H groups in total. The largest absolute Gasteiger partial charge is 0.493 e. The van der Waals surface area contributed by atoms with Gasteiger partial charge in [0.1, 0.15) is 12.4 Å². The van der Waals surface area contributed by atoms with Crippen molar-refractivity contribution in [3.63, 3.8) is 0 Å². The molecule has 0 radical (unpaired) electrons. The Hall–Kier alpha value is -1.46. The highest BCUT2D eigenvalue weighted by Crippen LogP contribution is 2.13. The molecule has 0 bridgehead atoms. The molecule has 0 saturated carbocycles. The Kier molecular flexibility index (Phi) is 4.73. The molecule has 1 aromatic carbocycles. The van der Waals surface area contributed by atoms with E-state index in [0.717, 1.165) is 11.3 Å². The van der Waals surface area contributed by atoms with Crippen molar-refractivity contribution >= 4 is 0 Å². The van der Waals surface area contributed by atoms with Gasteiger partial charge in [0.25, 0.3) is 0 Å². The fourth-order valence-electron chi connectivity index (χ4n) is 1.07. The van der Waals surface area contributed by atoms with Crippen LogP contribution in [0.1, 0.15) is 19.4 Å². The second kappa shape index (κ2) is 6.10. The summed E-state index contributed by atoms with van der Waals surface area (Å²) in [5.74, 6) is 6.79. The van der Waals surface area contributed by atoms with Gasteiger partial charge in [0, 0.05) is 5.56 Å². The fourth-order valence-corrected chi connectivity index (χ4v) is 1.07. The van der Waals surface area contributed by atoms with E-state index in [0.29, 0.717) is 12.5 Å². The lowest BCUT2D eigenvalue weighted by atomic mass is 10.2. The molecule has 0 aliphatic rings. The number of aliphatic hydroxyl groups excluding tert-OH is 1. The van der Waals surface area contributed by atoms with Crippen molar-refractivity contribution in [2.24, 2.45) is 5.92 Å². The van der Waals surface area contributed by atoms with Gasteiger partial charge >= 0.3 is 0 Å². The predicted molar refractivity (Wildman–Crippen MR) is 60.7 cm³/mol. The highest BCUT2D eigenvalue weighted by Gasteiger charge is 1.97. The van der Waals surface area contributed by atoms with E-state index in [2.05, 4.69) is 25.7 Å². The van der Waals surface area contributed by atoms with E-state index in [1.807, 2.05) is 24.3 Å². The molecule has 2 heteroatoms. The smallest absolute Gasteiger partial charge is 0.120 e. The summed E-state index contributed by atoms with van der Waals surface area (Å²) < 4.78 is 5.56. The topological polar surface area (TPSA) is 29.5 Å². The lowest BCUT2D eigenvalue weighted by molar-refractivity contribution is 0.271. The Labute approximate surface area is 90.9 Å². The van der Waals surface area contributed by atoms with Crippen LogP contribution in [-0.2, 0) is 0 Å². The van der Waals surface area contributed by atoms with Crippen LogP contribution in [0.5, 0.6) is 5.75 Å². The van der Waals surface area contributed by atoms with E-state index < -0.39 is 0 Å². The Bertz CT molecular complexity index is 358. The summed E-state index contributed by atoms with van der Waals surface area (Å²) in [5.41, 5.74) is 0.866. The molecule has 1 rings (SSSR count). The van der Waals surface area contributed by atoms with Crippen LogP contribution in [0.25, 0.3) is 0 Å². The van der Waals surface area contributed by atoms with E-state index in [4.69, 9.17) is 9.84 Å². The molecule has 0 atom stereocenters. The molecule has 0 spiro atoms. The van der Waals surface area contributed by atoms with Gasteiger partial charge in [0.15, 0.2) is 0 Å². The average molecular weight is 204 g/mol. The zero-order valence-electron chi connectivity index (χ0n) is 9.16. The second-order valence-corrected chi connectivity index (χ2v) is 3.69. The summed E-state index contributed by atoms with van der Waals surface area (Å²) in [6.07, 6.45) is 0. The molecule has 0 amide bonds. The van der Waals surface area contributed by atoms with Crippen LogP contribution in [0.3, 0.4) is 0 Å². The maximum absolute atomic E-state index is 8.57. The summed E-state index contributed by atoms with van der Waals surface area (Å²) in [6, 6.07) is 7.58. The van der Waals surface area contributed by atoms with Gasteiger partial charge in [-0.25, -0.2) is 0 Å². The Balaban J connectivity index is 2.65. The van der Waals surface area contributed by atoms with Gasteiger partial charge in [0.05, 0.1) is 6.61 Å². The van der Waals surface area contributed by atoms with E-state index in [9.17, 15) is 0 Å². The number of rotatable bonds is 3. The Morgan fingerprint density at radius 3 is 2.87 bits per heavy atom. The minimum absolute atomic E-state index is 0.114. The first-order valence-corrected chi connectivity index (χ1v) is 5.05. The molecular weight excluding hydrogens is 188 g/mol. The molecule has 0 saturated heterocycles. The molecule has 15 heavy (non-hydrogen) atoms. The van der Waals surface area contributed by atoms with Gasteiger partial charge in [0.2, 0.25) is 0 Å². The highest BCUT2D eigenvalue weighted by molar-refractivity contribution is 5.39. The van der Waals surface area contributed by atoms with Crippen LogP contribution in [0.2, 0.25) is 0 Å². The third-order valence-corrected chi connectivity index (χ3v) is 1.73. The van der Waals surface area contributed by atoms with Gasteiger partial charge < -0.3 is 9.84 Å². The minimum atomic E-state index is -0.114. The molecular formula is C13H16O2. The maximum Gasteiger partial charge on any atom is 0.120 e. The number of hydrogen-bond acceptors (Lipinski definition) is 2. The van der Waals surface area contributed by atoms with Gasteiger partial charge in [-0.2, -0.15) is 0 Å². The lowest BCUT2D eigenvalue weighted by Crippen LogP contribution is -2.04. The molecule has 0 fully saturated rings. The second-order valence-electron chi connectivity index (χ2n) is 3.69. The normalized spacial score (nSPS) is 9.60. The standard InChI is InChI=1S/C13H16O2/c1-11(2)10-15-13-7-3-5-12(9-13)6-4-8-14/h3,5,7,9,11,14H,8,10H2,1-2H3. The van der Waals surface area contributed by atoms with Gasteiger partial charge in [-0.05, 0) is 24.1 Å². The van der Waals surface area contributed by atoms with E-state index in [1.165, 1.54) is 0 Å². The molecule has 0 aliphatic heterocycles. The third kappa shape index (κ3) is 4.53. The zero-order chi connectivity index (χ0) is 11.1. The van der Waals surface area contributed by atoms with E-state index >= 15 is 0 Å². The van der Waals surface area contributed by atoms with Gasteiger partial charge in [-0.1, -0.05) is 31.8 Å². The van der Waals surface area contributed by atoms with Crippen LogP contribution in [0.15, 0.2) is 24.3 Å². The van der Waals surface area contributed by atoms with Crippen LogP contribution in [0, 0.1) is 17.8 Å². The predicted octanol–water partition coefficient (Wildman–Crippen LogP) is 2.07. The third-order valence-electron chi connectivity index (χ3n) is 1.73. The van der Waals surface area contributed by atoms with Gasteiger partial charge in [-0.3, -0.25) is 0 Å². The van der Waals surface area contributed by atoms with Crippen LogP contribution >= 0.6 is 0 Å². The first-order valence-electron chi connectivity index (χ1n) is 5.05. The summed E-state index contributed by atoms with van der Waals surface area (Å²) >= 11 is 0. The van der Waals surface area contributed by atoms with Crippen molar-refractivity contribution in [2.75, 3.05) is 13.2 Å². The molecule has 2 nitrogen and oxygen atoms in total. The van der Waals surface area contributed by atoms with Crippen molar-refractivity contribution < 1.29 is 9.84 Å². The van der Waals surface area contributed by atoms with Crippen LogP contribution < -0.4 is 4.74 Å². The van der Waals surface area contributed by atoms with E-state index in [1.54, 1.807) is 0 Å². The first-order chi connectivity index (χ1) is 7.22. The lowest BCUT2D eigenvalue weighted by Gasteiger charge is -2.08.